The lowest BCUT2D eigenvalue weighted by Crippen LogP contribution is -2.35. The van der Waals surface area contributed by atoms with E-state index in [4.69, 9.17) is 0 Å². The van der Waals surface area contributed by atoms with Gasteiger partial charge in [-0.3, -0.25) is 4.79 Å². The standard InChI is InChI=1S/C36H56O3/c1-5-6-7-8-9-10-15-34(39)36(22-23-36)21-11-13-26(2)31-18-19-32-28(14-12-20-35(31,32)4)16-17-29-24-30(37)25-33(38)27(29)3/h11,13,16-17,26,30-33,37-38H,3,5-10,12,14-15,18-25H2,1-2,4H3/b13-11+,28-16+,29-17-/t26-,30-,31-,32+,33+,35-/m1/s1. The summed E-state index contributed by atoms with van der Waals surface area (Å²) >= 11 is 0. The van der Waals surface area contributed by atoms with Crippen molar-refractivity contribution in [2.75, 3.05) is 0 Å². The molecule has 0 amide bonds. The molecule has 218 valence electrons. The maximum absolute atomic E-state index is 13.0. The van der Waals surface area contributed by atoms with Gasteiger partial charge in [-0.15, -0.1) is 0 Å². The van der Waals surface area contributed by atoms with E-state index >= 15 is 0 Å². The molecular weight excluding hydrogens is 480 g/mol. The van der Waals surface area contributed by atoms with Gasteiger partial charge in [-0.1, -0.05) is 89.3 Å². The Morgan fingerprint density at radius 2 is 1.82 bits per heavy atom. The predicted octanol–water partition coefficient (Wildman–Crippen LogP) is 8.81. The number of carbonyl (C=O) groups excluding carboxylic acids is 1. The molecule has 6 atom stereocenters. The number of aliphatic hydroxyl groups is 2. The maximum atomic E-state index is 13.0. The van der Waals surface area contributed by atoms with Crippen molar-refractivity contribution in [1.82, 2.24) is 0 Å². The maximum Gasteiger partial charge on any atom is 0.139 e. The smallest absolute Gasteiger partial charge is 0.139 e. The van der Waals surface area contributed by atoms with E-state index in [0.717, 1.165) is 49.7 Å². The Labute approximate surface area is 238 Å². The van der Waals surface area contributed by atoms with Gasteiger partial charge in [0.25, 0.3) is 0 Å². The van der Waals surface area contributed by atoms with Gasteiger partial charge in [0.2, 0.25) is 0 Å². The van der Waals surface area contributed by atoms with Crippen molar-refractivity contribution in [3.8, 4) is 0 Å². The SMILES string of the molecule is C=C1/C(=C\C=C2/CCC[C@]3(C)[C@@H]([C@H](C)/C=C/CC4(C(=O)CCCCCCCC)CC4)CC[C@@H]23)C[C@@H](O)C[C@@H]1O. The molecule has 4 rings (SSSR count). The number of rotatable bonds is 13. The summed E-state index contributed by atoms with van der Waals surface area (Å²) in [6.45, 7) is 11.3. The highest BCUT2D eigenvalue weighted by molar-refractivity contribution is 5.87. The summed E-state index contributed by atoms with van der Waals surface area (Å²) in [5, 5.41) is 20.4. The van der Waals surface area contributed by atoms with Crippen molar-refractivity contribution < 1.29 is 15.0 Å². The first-order chi connectivity index (χ1) is 18.7. The third-order valence-corrected chi connectivity index (χ3v) is 11.1. The zero-order valence-corrected chi connectivity index (χ0v) is 25.2. The Morgan fingerprint density at radius 3 is 2.56 bits per heavy atom. The summed E-state index contributed by atoms with van der Waals surface area (Å²) in [7, 11) is 0. The second kappa shape index (κ2) is 13.5. The Bertz CT molecular complexity index is 950. The molecule has 0 aromatic heterocycles. The van der Waals surface area contributed by atoms with Crippen molar-refractivity contribution in [2.45, 2.75) is 142 Å². The summed E-state index contributed by atoms with van der Waals surface area (Å²) in [5.74, 6) is 2.35. The van der Waals surface area contributed by atoms with Crippen LogP contribution in [0.4, 0.5) is 0 Å². The highest BCUT2D eigenvalue weighted by Crippen LogP contribution is 2.59. The molecule has 0 heterocycles. The van der Waals surface area contributed by atoms with Gasteiger partial charge >= 0.3 is 0 Å². The molecule has 4 saturated carbocycles. The first-order valence-electron chi connectivity index (χ1n) is 16.3. The Hall–Kier alpha value is -1.45. The van der Waals surface area contributed by atoms with Crippen LogP contribution in [0.1, 0.15) is 130 Å². The Balaban J connectivity index is 1.32. The van der Waals surface area contributed by atoms with Crippen LogP contribution in [0.5, 0.6) is 0 Å². The topological polar surface area (TPSA) is 57.5 Å². The largest absolute Gasteiger partial charge is 0.393 e. The average Bonchev–Trinajstić information content (AvgIpc) is 3.61. The van der Waals surface area contributed by atoms with Gasteiger partial charge in [0.05, 0.1) is 12.2 Å². The molecule has 4 fully saturated rings. The molecule has 0 bridgehead atoms. The highest BCUT2D eigenvalue weighted by Gasteiger charge is 2.51. The quantitative estimate of drug-likeness (QED) is 0.183. The number of hydrogen-bond donors (Lipinski definition) is 2. The van der Waals surface area contributed by atoms with Crippen molar-refractivity contribution >= 4 is 5.78 Å². The fourth-order valence-corrected chi connectivity index (χ4v) is 8.33. The number of unbranched alkanes of at least 4 members (excludes halogenated alkanes) is 5. The lowest BCUT2D eigenvalue weighted by Gasteiger charge is -2.44. The number of allylic oxidation sites excluding steroid dienone is 5. The van der Waals surface area contributed by atoms with Gasteiger partial charge in [-0.05, 0) is 98.5 Å². The molecule has 4 aliphatic carbocycles. The summed E-state index contributed by atoms with van der Waals surface area (Å²) < 4.78 is 0. The van der Waals surface area contributed by atoms with Gasteiger partial charge in [0, 0.05) is 18.3 Å². The van der Waals surface area contributed by atoms with Gasteiger partial charge in [-0.25, -0.2) is 0 Å². The Kier molecular flexibility index (Phi) is 10.5. The molecule has 0 aromatic rings. The molecule has 39 heavy (non-hydrogen) atoms. The predicted molar refractivity (Wildman–Crippen MR) is 162 cm³/mol. The van der Waals surface area contributed by atoms with Crippen molar-refractivity contribution in [3.05, 3.63) is 47.6 Å². The molecule has 0 radical (unpaired) electrons. The number of carbonyl (C=O) groups is 1. The van der Waals surface area contributed by atoms with Crippen LogP contribution >= 0.6 is 0 Å². The van der Waals surface area contributed by atoms with Crippen LogP contribution in [0.3, 0.4) is 0 Å². The van der Waals surface area contributed by atoms with E-state index in [1.54, 1.807) is 5.57 Å². The first kappa shape index (κ1) is 30.5. The van der Waals surface area contributed by atoms with Crippen LogP contribution < -0.4 is 0 Å². The van der Waals surface area contributed by atoms with Crippen LogP contribution in [0, 0.1) is 28.6 Å². The minimum Gasteiger partial charge on any atom is -0.393 e. The average molecular weight is 537 g/mol. The van der Waals surface area contributed by atoms with Gasteiger partial charge in [0.1, 0.15) is 5.78 Å². The Morgan fingerprint density at radius 1 is 1.08 bits per heavy atom. The van der Waals surface area contributed by atoms with Crippen molar-refractivity contribution in [3.63, 3.8) is 0 Å². The van der Waals surface area contributed by atoms with Gasteiger partial charge < -0.3 is 10.2 Å². The normalized spacial score (nSPS) is 35.1. The zero-order chi connectivity index (χ0) is 28.0. The van der Waals surface area contributed by atoms with Crippen molar-refractivity contribution in [1.29, 1.82) is 0 Å². The molecule has 3 heteroatoms. The van der Waals surface area contributed by atoms with Gasteiger partial charge in [0.15, 0.2) is 0 Å². The summed E-state index contributed by atoms with van der Waals surface area (Å²) in [6, 6.07) is 0. The highest BCUT2D eigenvalue weighted by atomic mass is 16.3. The minimum absolute atomic E-state index is 0.0275. The van der Waals surface area contributed by atoms with E-state index in [0.29, 0.717) is 41.8 Å². The third kappa shape index (κ3) is 7.25. The summed E-state index contributed by atoms with van der Waals surface area (Å²) in [5.41, 5.74) is 3.62. The van der Waals surface area contributed by atoms with Crippen LogP contribution in [-0.4, -0.2) is 28.2 Å². The molecule has 3 nitrogen and oxygen atoms in total. The summed E-state index contributed by atoms with van der Waals surface area (Å²) in [6.07, 6.45) is 26.7. The fraction of sp³-hybridized carbons (Fsp3) is 0.750. The molecule has 0 saturated heterocycles. The number of Topliss-reactive ketones (excluding diaryl/α,β-unsaturated/α-hetero) is 1. The number of aliphatic hydroxyl groups excluding tert-OH is 2. The zero-order valence-electron chi connectivity index (χ0n) is 25.2. The summed E-state index contributed by atoms with van der Waals surface area (Å²) in [4.78, 5) is 13.0. The number of fused-ring (bicyclic) bond motifs is 1. The van der Waals surface area contributed by atoms with Crippen LogP contribution in [0.15, 0.2) is 47.6 Å². The van der Waals surface area contributed by atoms with Crippen molar-refractivity contribution in [2.24, 2.45) is 28.6 Å². The molecular formula is C36H56O3. The number of ketones is 1. The van der Waals surface area contributed by atoms with E-state index in [9.17, 15) is 15.0 Å². The van der Waals surface area contributed by atoms with Crippen LogP contribution in [-0.2, 0) is 4.79 Å². The molecule has 0 aromatic carbocycles. The van der Waals surface area contributed by atoms with E-state index in [1.165, 1.54) is 57.8 Å². The monoisotopic (exact) mass is 536 g/mol. The molecule has 4 aliphatic rings. The second-order valence-electron chi connectivity index (χ2n) is 13.9. The van der Waals surface area contributed by atoms with Gasteiger partial charge in [-0.2, -0.15) is 0 Å². The fourth-order valence-electron chi connectivity index (χ4n) is 8.33. The third-order valence-electron chi connectivity index (χ3n) is 11.1. The van der Waals surface area contributed by atoms with E-state index in [1.807, 2.05) is 0 Å². The first-order valence-corrected chi connectivity index (χ1v) is 16.3. The van der Waals surface area contributed by atoms with E-state index in [2.05, 4.69) is 51.7 Å². The molecule has 0 aliphatic heterocycles. The van der Waals surface area contributed by atoms with Crippen LogP contribution in [0.25, 0.3) is 0 Å². The van der Waals surface area contributed by atoms with Crippen LogP contribution in [0.2, 0.25) is 0 Å². The van der Waals surface area contributed by atoms with E-state index < -0.39 is 12.2 Å². The second-order valence-corrected chi connectivity index (χ2v) is 13.9. The van der Waals surface area contributed by atoms with E-state index in [-0.39, 0.29) is 5.41 Å². The lowest BCUT2D eigenvalue weighted by molar-refractivity contribution is -0.124. The minimum atomic E-state index is -0.626. The molecule has 2 N–H and O–H groups in total. The molecule has 0 spiro atoms. The molecule has 0 unspecified atom stereocenters. The lowest BCUT2D eigenvalue weighted by atomic mass is 9.61. The number of hydrogen-bond acceptors (Lipinski definition) is 3.